The highest BCUT2D eigenvalue weighted by molar-refractivity contribution is 6.00. The average Bonchev–Trinajstić information content (AvgIpc) is 3.39. The second-order valence-electron chi connectivity index (χ2n) is 6.85. The van der Waals surface area contributed by atoms with Crippen molar-refractivity contribution in [1.82, 2.24) is 15.1 Å². The Labute approximate surface area is 159 Å². The second kappa shape index (κ2) is 7.66. The molecule has 0 unspecified atom stereocenters. The summed E-state index contributed by atoms with van der Waals surface area (Å²) in [5, 5.41) is 7.89. The van der Waals surface area contributed by atoms with Crippen LogP contribution in [0.1, 0.15) is 36.0 Å². The highest BCUT2D eigenvalue weighted by Crippen LogP contribution is 2.26. The fourth-order valence-electron chi connectivity index (χ4n) is 3.55. The number of para-hydroxylation sites is 1. The summed E-state index contributed by atoms with van der Waals surface area (Å²) in [5.41, 5.74) is 3.09. The highest BCUT2D eigenvalue weighted by Gasteiger charge is 2.23. The van der Waals surface area contributed by atoms with Crippen LogP contribution in [0.2, 0.25) is 0 Å². The van der Waals surface area contributed by atoms with Crippen molar-refractivity contribution >= 4 is 5.91 Å². The second-order valence-corrected chi connectivity index (χ2v) is 6.85. The minimum atomic E-state index is -0.0603. The molecule has 1 aliphatic carbocycles. The molecule has 3 aromatic rings. The van der Waals surface area contributed by atoms with E-state index in [1.165, 1.54) is 12.8 Å². The predicted molar refractivity (Wildman–Crippen MR) is 105 cm³/mol. The summed E-state index contributed by atoms with van der Waals surface area (Å²) in [7, 11) is 1.64. The molecule has 2 aromatic carbocycles. The van der Waals surface area contributed by atoms with E-state index in [2.05, 4.69) is 5.32 Å². The summed E-state index contributed by atoms with van der Waals surface area (Å²) in [6.45, 7) is 0. The van der Waals surface area contributed by atoms with E-state index in [-0.39, 0.29) is 11.9 Å². The number of benzene rings is 2. The topological polar surface area (TPSA) is 56.2 Å². The molecule has 5 heteroatoms. The number of aromatic nitrogens is 2. The Kier molecular flexibility index (Phi) is 4.92. The normalized spacial score (nSPS) is 14.3. The maximum atomic E-state index is 13.0. The molecule has 1 aliphatic rings. The molecule has 1 heterocycles. The Morgan fingerprint density at radius 1 is 1.07 bits per heavy atom. The maximum absolute atomic E-state index is 13.0. The lowest BCUT2D eigenvalue weighted by Gasteiger charge is -2.11. The molecule has 1 N–H and O–H groups in total. The number of carbonyl (C=O) groups is 1. The van der Waals surface area contributed by atoms with E-state index in [0.29, 0.717) is 11.3 Å². The monoisotopic (exact) mass is 361 g/mol. The first-order chi connectivity index (χ1) is 13.2. The number of nitrogens with one attached hydrogen (secondary N) is 1. The number of carbonyl (C=O) groups excluding carboxylic acids is 1. The van der Waals surface area contributed by atoms with Crippen LogP contribution < -0.4 is 10.1 Å². The molecule has 1 fully saturated rings. The van der Waals surface area contributed by atoms with Crippen LogP contribution in [0.5, 0.6) is 5.75 Å². The van der Waals surface area contributed by atoms with Crippen LogP contribution in [0.4, 0.5) is 0 Å². The first-order valence-electron chi connectivity index (χ1n) is 9.35. The van der Waals surface area contributed by atoms with Crippen molar-refractivity contribution in [2.24, 2.45) is 0 Å². The predicted octanol–water partition coefficient (Wildman–Crippen LogP) is 4.22. The first-order valence-corrected chi connectivity index (χ1v) is 9.35. The number of ether oxygens (including phenoxy) is 1. The largest absolute Gasteiger partial charge is 0.497 e. The summed E-state index contributed by atoms with van der Waals surface area (Å²) < 4.78 is 7.01. The zero-order chi connectivity index (χ0) is 18.6. The Bertz CT molecular complexity index is 910. The van der Waals surface area contributed by atoms with Gasteiger partial charge in [0.2, 0.25) is 0 Å². The van der Waals surface area contributed by atoms with Gasteiger partial charge >= 0.3 is 0 Å². The summed E-state index contributed by atoms with van der Waals surface area (Å²) in [5.74, 6) is 0.716. The molecular formula is C22H23N3O2. The third-order valence-electron chi connectivity index (χ3n) is 5.03. The van der Waals surface area contributed by atoms with E-state index in [1.807, 2.05) is 60.8 Å². The Morgan fingerprint density at radius 2 is 1.78 bits per heavy atom. The van der Waals surface area contributed by atoms with Crippen molar-refractivity contribution in [1.29, 1.82) is 0 Å². The molecule has 0 bridgehead atoms. The molecule has 0 aliphatic heterocycles. The smallest absolute Gasteiger partial charge is 0.255 e. The molecule has 0 saturated heterocycles. The molecule has 1 amide bonds. The Balaban J connectivity index is 1.72. The van der Waals surface area contributed by atoms with Crippen LogP contribution in [-0.2, 0) is 0 Å². The lowest BCUT2D eigenvalue weighted by Crippen LogP contribution is -2.32. The zero-order valence-corrected chi connectivity index (χ0v) is 15.4. The Morgan fingerprint density at radius 3 is 2.44 bits per heavy atom. The standard InChI is InChI=1S/C22H23N3O2/c1-27-19-13-11-16(12-14-19)21-20(22(26)23-17-7-5-6-8-17)15-25(24-21)18-9-3-2-4-10-18/h2-4,9-15,17H,5-8H2,1H3,(H,23,26). The van der Waals surface area contributed by atoms with Crippen LogP contribution in [0, 0.1) is 0 Å². The first kappa shape index (κ1) is 17.3. The molecule has 4 rings (SSSR count). The zero-order valence-electron chi connectivity index (χ0n) is 15.4. The van der Waals surface area contributed by atoms with E-state index in [4.69, 9.17) is 9.84 Å². The molecule has 1 aromatic heterocycles. The van der Waals surface area contributed by atoms with Gasteiger partial charge in [0.15, 0.2) is 0 Å². The van der Waals surface area contributed by atoms with Gasteiger partial charge in [-0.05, 0) is 49.2 Å². The van der Waals surface area contributed by atoms with Crippen molar-refractivity contribution < 1.29 is 9.53 Å². The fraction of sp³-hybridized carbons (Fsp3) is 0.273. The SMILES string of the molecule is COc1ccc(-c2nn(-c3ccccc3)cc2C(=O)NC2CCCC2)cc1. The van der Waals surface area contributed by atoms with Gasteiger partial charge in [0, 0.05) is 17.8 Å². The van der Waals surface area contributed by atoms with Gasteiger partial charge in [0.1, 0.15) is 11.4 Å². The van der Waals surface area contributed by atoms with Crippen molar-refractivity contribution in [2.75, 3.05) is 7.11 Å². The third-order valence-corrected chi connectivity index (χ3v) is 5.03. The van der Waals surface area contributed by atoms with Crippen LogP contribution in [0.25, 0.3) is 16.9 Å². The quantitative estimate of drug-likeness (QED) is 0.740. The third kappa shape index (κ3) is 3.72. The van der Waals surface area contributed by atoms with E-state index < -0.39 is 0 Å². The number of rotatable bonds is 5. The molecule has 0 spiro atoms. The van der Waals surface area contributed by atoms with Gasteiger partial charge in [0.25, 0.3) is 5.91 Å². The Hall–Kier alpha value is -3.08. The molecule has 27 heavy (non-hydrogen) atoms. The summed E-state index contributed by atoms with van der Waals surface area (Å²) in [6.07, 6.45) is 6.28. The van der Waals surface area contributed by atoms with Gasteiger partial charge in [-0.3, -0.25) is 4.79 Å². The minimum absolute atomic E-state index is 0.0603. The van der Waals surface area contributed by atoms with E-state index >= 15 is 0 Å². The number of amides is 1. The lowest BCUT2D eigenvalue weighted by molar-refractivity contribution is 0.0938. The number of methoxy groups -OCH3 is 1. The number of nitrogens with zero attached hydrogens (tertiary/aromatic N) is 2. The van der Waals surface area contributed by atoms with Gasteiger partial charge in [-0.15, -0.1) is 0 Å². The number of hydrogen-bond acceptors (Lipinski definition) is 3. The highest BCUT2D eigenvalue weighted by atomic mass is 16.5. The van der Waals surface area contributed by atoms with E-state index in [0.717, 1.165) is 29.8 Å². The molecule has 1 saturated carbocycles. The molecule has 138 valence electrons. The van der Waals surface area contributed by atoms with Gasteiger partial charge < -0.3 is 10.1 Å². The molecular weight excluding hydrogens is 338 g/mol. The molecule has 0 atom stereocenters. The number of hydrogen-bond donors (Lipinski definition) is 1. The van der Waals surface area contributed by atoms with Crippen LogP contribution in [0.15, 0.2) is 60.8 Å². The molecule has 0 radical (unpaired) electrons. The van der Waals surface area contributed by atoms with Gasteiger partial charge in [-0.1, -0.05) is 31.0 Å². The fourth-order valence-corrected chi connectivity index (χ4v) is 3.55. The summed E-state index contributed by atoms with van der Waals surface area (Å²) in [6, 6.07) is 17.7. The lowest BCUT2D eigenvalue weighted by atomic mass is 10.1. The van der Waals surface area contributed by atoms with Crippen molar-refractivity contribution in [3.05, 3.63) is 66.4 Å². The minimum Gasteiger partial charge on any atom is -0.497 e. The van der Waals surface area contributed by atoms with Crippen LogP contribution >= 0.6 is 0 Å². The average molecular weight is 361 g/mol. The van der Waals surface area contributed by atoms with Gasteiger partial charge in [0.05, 0.1) is 18.4 Å². The van der Waals surface area contributed by atoms with Gasteiger partial charge in [-0.25, -0.2) is 4.68 Å². The van der Waals surface area contributed by atoms with Gasteiger partial charge in [-0.2, -0.15) is 5.10 Å². The van der Waals surface area contributed by atoms with Crippen LogP contribution in [0.3, 0.4) is 0 Å². The van der Waals surface area contributed by atoms with E-state index in [9.17, 15) is 4.79 Å². The van der Waals surface area contributed by atoms with E-state index in [1.54, 1.807) is 11.8 Å². The molecule has 5 nitrogen and oxygen atoms in total. The van der Waals surface area contributed by atoms with Crippen molar-refractivity contribution in [3.63, 3.8) is 0 Å². The summed E-state index contributed by atoms with van der Waals surface area (Å²) >= 11 is 0. The van der Waals surface area contributed by atoms with Crippen molar-refractivity contribution in [3.8, 4) is 22.7 Å². The van der Waals surface area contributed by atoms with Crippen LogP contribution in [-0.4, -0.2) is 28.8 Å². The summed E-state index contributed by atoms with van der Waals surface area (Å²) in [4.78, 5) is 13.0. The van der Waals surface area contributed by atoms with Crippen molar-refractivity contribution in [2.45, 2.75) is 31.7 Å². The maximum Gasteiger partial charge on any atom is 0.255 e.